The molecule has 2 N–H and O–H groups in total. The van der Waals surface area contributed by atoms with E-state index in [-0.39, 0.29) is 24.0 Å². The normalized spacial score (nSPS) is 12.6. The van der Waals surface area contributed by atoms with Crippen LogP contribution in [0, 0.1) is 0 Å². The lowest BCUT2D eigenvalue weighted by Crippen LogP contribution is -2.39. The summed E-state index contributed by atoms with van der Waals surface area (Å²) in [5, 5.41) is 13.1. The molecular formula is C15H22IN3S2. The molecule has 0 spiro atoms. The van der Waals surface area contributed by atoms with Gasteiger partial charge in [-0.2, -0.15) is 11.3 Å². The summed E-state index contributed by atoms with van der Waals surface area (Å²) in [4.78, 5) is 5.90. The molecular weight excluding hydrogens is 413 g/mol. The van der Waals surface area contributed by atoms with Gasteiger partial charge < -0.3 is 10.6 Å². The van der Waals surface area contributed by atoms with E-state index < -0.39 is 0 Å². The monoisotopic (exact) mass is 435 g/mol. The fourth-order valence-electron chi connectivity index (χ4n) is 1.82. The highest BCUT2D eigenvalue weighted by Gasteiger charge is 2.06. The minimum atomic E-state index is 0. The van der Waals surface area contributed by atoms with Crippen LogP contribution >= 0.6 is 46.7 Å². The van der Waals surface area contributed by atoms with E-state index >= 15 is 0 Å². The number of hydrogen-bond acceptors (Lipinski definition) is 3. The van der Waals surface area contributed by atoms with E-state index in [4.69, 9.17) is 0 Å². The lowest BCUT2D eigenvalue weighted by atomic mass is 10.1. The summed E-state index contributed by atoms with van der Waals surface area (Å²) in [6.07, 6.45) is 0. The average molecular weight is 435 g/mol. The minimum absolute atomic E-state index is 0. The van der Waals surface area contributed by atoms with Gasteiger partial charge in [0.25, 0.3) is 0 Å². The van der Waals surface area contributed by atoms with Crippen molar-refractivity contribution in [3.63, 3.8) is 0 Å². The fourth-order valence-corrected chi connectivity index (χ4v) is 3.23. The number of guanidine groups is 1. The van der Waals surface area contributed by atoms with Crippen molar-refractivity contribution in [2.45, 2.75) is 26.3 Å². The van der Waals surface area contributed by atoms with Gasteiger partial charge >= 0.3 is 0 Å². The lowest BCUT2D eigenvalue weighted by Gasteiger charge is -2.15. The second-order valence-electron chi connectivity index (χ2n) is 4.61. The fraction of sp³-hybridized carbons (Fsp3) is 0.400. The molecule has 0 radical (unpaired) electrons. The highest BCUT2D eigenvalue weighted by molar-refractivity contribution is 14.0. The number of aliphatic imine (C=N–C) groups is 1. The Morgan fingerprint density at radius 2 is 2.14 bits per heavy atom. The van der Waals surface area contributed by atoms with Gasteiger partial charge in [0.1, 0.15) is 0 Å². The molecule has 1 atom stereocenters. The summed E-state index contributed by atoms with van der Waals surface area (Å²) in [5.74, 6) is 1.38. The van der Waals surface area contributed by atoms with Crippen molar-refractivity contribution in [1.82, 2.24) is 10.6 Å². The highest BCUT2D eigenvalue weighted by atomic mass is 127. The van der Waals surface area contributed by atoms with Crippen molar-refractivity contribution in [1.29, 1.82) is 0 Å². The van der Waals surface area contributed by atoms with Crippen molar-refractivity contribution in [3.05, 3.63) is 44.8 Å². The van der Waals surface area contributed by atoms with E-state index in [1.807, 2.05) is 0 Å². The Kier molecular flexibility index (Phi) is 8.94. The molecule has 3 nitrogen and oxygen atoms in total. The summed E-state index contributed by atoms with van der Waals surface area (Å²) in [7, 11) is 0. The quantitative estimate of drug-likeness (QED) is 0.404. The Morgan fingerprint density at radius 3 is 2.76 bits per heavy atom. The molecule has 0 saturated carbocycles. The van der Waals surface area contributed by atoms with E-state index in [1.165, 1.54) is 10.4 Å². The number of rotatable bonds is 6. The van der Waals surface area contributed by atoms with Crippen LogP contribution in [0.4, 0.5) is 0 Å². The zero-order chi connectivity index (χ0) is 14.2. The summed E-state index contributed by atoms with van der Waals surface area (Å²) in [5.41, 5.74) is 1.39. The van der Waals surface area contributed by atoms with Gasteiger partial charge in [-0.3, -0.25) is 0 Å². The smallest absolute Gasteiger partial charge is 0.191 e. The molecule has 0 aliphatic carbocycles. The Balaban J connectivity index is 0.00000220. The van der Waals surface area contributed by atoms with E-state index in [0.717, 1.165) is 25.6 Å². The van der Waals surface area contributed by atoms with Crippen LogP contribution in [-0.2, 0) is 6.54 Å². The first-order valence-electron chi connectivity index (χ1n) is 6.86. The molecule has 2 heterocycles. The van der Waals surface area contributed by atoms with Crippen LogP contribution in [0.2, 0.25) is 0 Å². The molecule has 0 aromatic carbocycles. The number of thiophene rings is 2. The van der Waals surface area contributed by atoms with E-state index in [2.05, 4.69) is 63.8 Å². The second-order valence-corrected chi connectivity index (χ2v) is 6.43. The summed E-state index contributed by atoms with van der Waals surface area (Å²) in [6.45, 7) is 6.83. The molecule has 0 aliphatic heterocycles. The van der Waals surface area contributed by atoms with E-state index in [0.29, 0.717) is 5.92 Å². The zero-order valence-corrected chi connectivity index (χ0v) is 16.3. The van der Waals surface area contributed by atoms with E-state index in [1.54, 1.807) is 22.7 Å². The molecule has 6 heteroatoms. The molecule has 21 heavy (non-hydrogen) atoms. The van der Waals surface area contributed by atoms with Gasteiger partial charge in [0.2, 0.25) is 0 Å². The van der Waals surface area contributed by atoms with E-state index in [9.17, 15) is 0 Å². The van der Waals surface area contributed by atoms with Crippen LogP contribution in [-0.4, -0.2) is 19.0 Å². The Bertz CT molecular complexity index is 509. The van der Waals surface area contributed by atoms with Crippen LogP contribution in [0.25, 0.3) is 0 Å². The van der Waals surface area contributed by atoms with Crippen LogP contribution in [0.1, 0.15) is 30.2 Å². The van der Waals surface area contributed by atoms with Crippen molar-refractivity contribution in [2.75, 3.05) is 13.1 Å². The van der Waals surface area contributed by atoms with Crippen molar-refractivity contribution < 1.29 is 0 Å². The van der Waals surface area contributed by atoms with Crippen molar-refractivity contribution >= 4 is 52.6 Å². The first-order valence-corrected chi connectivity index (χ1v) is 8.68. The molecule has 0 amide bonds. The van der Waals surface area contributed by atoms with Crippen molar-refractivity contribution in [3.8, 4) is 0 Å². The molecule has 116 valence electrons. The third-order valence-electron chi connectivity index (χ3n) is 3.01. The maximum Gasteiger partial charge on any atom is 0.191 e. The molecule has 0 bridgehead atoms. The largest absolute Gasteiger partial charge is 0.357 e. The van der Waals surface area contributed by atoms with Gasteiger partial charge in [0, 0.05) is 18.0 Å². The SMILES string of the molecule is CCNC(=NCc1cccs1)NCC(C)c1ccsc1.I. The molecule has 1 unspecified atom stereocenters. The number of nitrogens with one attached hydrogen (secondary N) is 2. The van der Waals surface area contributed by atoms with Gasteiger partial charge in [-0.25, -0.2) is 4.99 Å². The Labute approximate surface area is 151 Å². The predicted molar refractivity (Wildman–Crippen MR) is 105 cm³/mol. The van der Waals surface area contributed by atoms with Crippen LogP contribution in [0.15, 0.2) is 39.3 Å². The van der Waals surface area contributed by atoms with Crippen LogP contribution in [0.5, 0.6) is 0 Å². The summed E-state index contributed by atoms with van der Waals surface area (Å²) < 4.78 is 0. The number of halogens is 1. The standard InChI is InChI=1S/C15H21N3S2.HI/c1-3-16-15(18-10-14-5-4-7-20-14)17-9-12(2)13-6-8-19-11-13;/h4-8,11-12H,3,9-10H2,1-2H3,(H2,16,17,18);1H. The molecule has 0 fully saturated rings. The minimum Gasteiger partial charge on any atom is -0.357 e. The number of hydrogen-bond donors (Lipinski definition) is 2. The van der Waals surface area contributed by atoms with Gasteiger partial charge in [0.05, 0.1) is 6.54 Å². The third kappa shape index (κ3) is 6.36. The van der Waals surface area contributed by atoms with Gasteiger partial charge in [0.15, 0.2) is 5.96 Å². The van der Waals surface area contributed by atoms with Gasteiger partial charge in [-0.05, 0) is 46.7 Å². The lowest BCUT2D eigenvalue weighted by molar-refractivity contribution is 0.702. The Morgan fingerprint density at radius 1 is 1.29 bits per heavy atom. The van der Waals surface area contributed by atoms with Crippen LogP contribution < -0.4 is 10.6 Å². The first-order chi connectivity index (χ1) is 9.79. The topological polar surface area (TPSA) is 36.4 Å². The van der Waals surface area contributed by atoms with Crippen LogP contribution in [0.3, 0.4) is 0 Å². The maximum absolute atomic E-state index is 4.62. The summed E-state index contributed by atoms with van der Waals surface area (Å²) >= 11 is 3.49. The molecule has 2 rings (SSSR count). The molecule has 2 aromatic rings. The second kappa shape index (κ2) is 10.2. The summed E-state index contributed by atoms with van der Waals surface area (Å²) in [6, 6.07) is 6.37. The first kappa shape index (κ1) is 18.4. The predicted octanol–water partition coefficient (Wildman–Crippen LogP) is 4.29. The average Bonchev–Trinajstić information content (AvgIpc) is 3.13. The molecule has 0 saturated heterocycles. The zero-order valence-electron chi connectivity index (χ0n) is 12.3. The maximum atomic E-state index is 4.62. The third-order valence-corrected chi connectivity index (χ3v) is 4.57. The Hall–Kier alpha value is -0.600. The number of nitrogens with zero attached hydrogens (tertiary/aromatic N) is 1. The van der Waals surface area contributed by atoms with Gasteiger partial charge in [-0.15, -0.1) is 35.3 Å². The van der Waals surface area contributed by atoms with Crippen molar-refractivity contribution in [2.24, 2.45) is 4.99 Å². The van der Waals surface area contributed by atoms with Gasteiger partial charge in [-0.1, -0.05) is 13.0 Å². The molecule has 0 aliphatic rings. The molecule has 2 aromatic heterocycles. The highest BCUT2D eigenvalue weighted by Crippen LogP contribution is 2.17.